The summed E-state index contributed by atoms with van der Waals surface area (Å²) >= 11 is 7.34. The number of hydrogen-bond donors (Lipinski definition) is 0. The molecule has 18 heavy (non-hydrogen) atoms. The summed E-state index contributed by atoms with van der Waals surface area (Å²) < 4.78 is 0. The summed E-state index contributed by atoms with van der Waals surface area (Å²) in [5, 5.41) is 0.712. The number of Topliss-reactive ketones (excluding diaryl/α,β-unsaturated/α-hetero) is 1. The molecule has 3 heteroatoms. The highest BCUT2D eigenvalue weighted by atomic mass is 35.5. The fourth-order valence-corrected chi connectivity index (χ4v) is 2.50. The van der Waals surface area contributed by atoms with Crippen molar-refractivity contribution >= 4 is 29.1 Å². The first-order valence-corrected chi connectivity index (χ1v) is 7.00. The monoisotopic (exact) mass is 276 g/mol. The maximum Gasteiger partial charge on any atom is 0.173 e. The van der Waals surface area contributed by atoms with E-state index in [0.29, 0.717) is 10.8 Å². The number of hydrogen-bond acceptors (Lipinski definition) is 2. The van der Waals surface area contributed by atoms with Crippen LogP contribution in [0.1, 0.15) is 15.9 Å². The molecule has 0 atom stereocenters. The Labute approximate surface area is 116 Å². The van der Waals surface area contributed by atoms with Crippen molar-refractivity contribution in [1.29, 1.82) is 0 Å². The first kappa shape index (κ1) is 13.2. The Kier molecular flexibility index (Phi) is 4.45. The van der Waals surface area contributed by atoms with Crippen LogP contribution in [0.15, 0.2) is 53.4 Å². The molecule has 0 saturated heterocycles. The zero-order valence-corrected chi connectivity index (χ0v) is 11.6. The van der Waals surface area contributed by atoms with Gasteiger partial charge < -0.3 is 0 Å². The van der Waals surface area contributed by atoms with Crippen LogP contribution in [0.2, 0.25) is 5.02 Å². The Balaban J connectivity index is 1.98. The van der Waals surface area contributed by atoms with Crippen LogP contribution in [0.5, 0.6) is 0 Å². The van der Waals surface area contributed by atoms with Gasteiger partial charge in [-0.25, -0.2) is 0 Å². The van der Waals surface area contributed by atoms with Crippen molar-refractivity contribution < 1.29 is 4.79 Å². The maximum atomic E-state index is 12.0. The normalized spacial score (nSPS) is 10.3. The smallest absolute Gasteiger partial charge is 0.173 e. The number of halogens is 1. The van der Waals surface area contributed by atoms with Crippen molar-refractivity contribution in [2.75, 3.05) is 5.75 Å². The molecule has 1 nitrogen and oxygen atoms in total. The SMILES string of the molecule is Cc1cccc(C(=O)CSc2ccc(Cl)cc2)c1. The van der Waals surface area contributed by atoms with Gasteiger partial charge in [0.05, 0.1) is 5.75 Å². The van der Waals surface area contributed by atoms with Crippen LogP contribution >= 0.6 is 23.4 Å². The van der Waals surface area contributed by atoms with Crippen LogP contribution in [0.4, 0.5) is 0 Å². The second kappa shape index (κ2) is 6.07. The lowest BCUT2D eigenvalue weighted by Crippen LogP contribution is -2.02. The van der Waals surface area contributed by atoms with E-state index in [1.807, 2.05) is 55.5 Å². The van der Waals surface area contributed by atoms with E-state index in [4.69, 9.17) is 11.6 Å². The van der Waals surface area contributed by atoms with Gasteiger partial charge in [0.2, 0.25) is 0 Å². The van der Waals surface area contributed by atoms with Crippen molar-refractivity contribution in [3.8, 4) is 0 Å². The Morgan fingerprint density at radius 1 is 1.17 bits per heavy atom. The molecule has 0 amide bonds. The minimum atomic E-state index is 0.152. The lowest BCUT2D eigenvalue weighted by Gasteiger charge is -2.03. The summed E-state index contributed by atoms with van der Waals surface area (Å²) in [5.74, 6) is 0.601. The van der Waals surface area contributed by atoms with Gasteiger partial charge in [-0.05, 0) is 37.3 Å². The Bertz CT molecular complexity index is 549. The van der Waals surface area contributed by atoms with Gasteiger partial charge >= 0.3 is 0 Å². The van der Waals surface area contributed by atoms with E-state index in [1.54, 1.807) is 0 Å². The lowest BCUT2D eigenvalue weighted by molar-refractivity contribution is 0.102. The molecule has 0 spiro atoms. The number of ketones is 1. The van der Waals surface area contributed by atoms with E-state index in [-0.39, 0.29) is 5.78 Å². The third kappa shape index (κ3) is 3.62. The fraction of sp³-hybridized carbons (Fsp3) is 0.133. The van der Waals surface area contributed by atoms with Crippen LogP contribution < -0.4 is 0 Å². The number of benzene rings is 2. The fourth-order valence-electron chi connectivity index (χ4n) is 1.58. The topological polar surface area (TPSA) is 17.1 Å². The number of carbonyl (C=O) groups excluding carboxylic acids is 1. The summed E-state index contributed by atoms with van der Waals surface area (Å²) in [6.07, 6.45) is 0. The molecule has 0 fully saturated rings. The average molecular weight is 277 g/mol. The van der Waals surface area contributed by atoms with Crippen LogP contribution in [-0.2, 0) is 0 Å². The molecular formula is C15H13ClOS. The minimum Gasteiger partial charge on any atom is -0.293 e. The molecule has 2 rings (SSSR count). The van der Waals surface area contributed by atoms with Crippen LogP contribution in [0.3, 0.4) is 0 Å². The Hall–Kier alpha value is -1.25. The second-order valence-electron chi connectivity index (χ2n) is 4.04. The van der Waals surface area contributed by atoms with Gasteiger partial charge in [-0.1, -0.05) is 35.4 Å². The summed E-state index contributed by atoms with van der Waals surface area (Å²) in [6.45, 7) is 1.99. The molecule has 0 aliphatic rings. The van der Waals surface area contributed by atoms with Gasteiger partial charge in [0.25, 0.3) is 0 Å². The molecule has 0 aromatic heterocycles. The third-order valence-electron chi connectivity index (χ3n) is 2.52. The predicted molar refractivity (Wildman–Crippen MR) is 77.7 cm³/mol. The third-order valence-corrected chi connectivity index (χ3v) is 3.79. The van der Waals surface area contributed by atoms with E-state index >= 15 is 0 Å². The molecule has 0 aliphatic carbocycles. The van der Waals surface area contributed by atoms with Crippen LogP contribution in [0.25, 0.3) is 0 Å². The molecular weight excluding hydrogens is 264 g/mol. The quantitative estimate of drug-likeness (QED) is 0.598. The van der Waals surface area contributed by atoms with Crippen molar-refractivity contribution in [3.63, 3.8) is 0 Å². The van der Waals surface area contributed by atoms with E-state index in [0.717, 1.165) is 16.0 Å². The molecule has 0 saturated carbocycles. The van der Waals surface area contributed by atoms with Crippen LogP contribution in [-0.4, -0.2) is 11.5 Å². The highest BCUT2D eigenvalue weighted by Gasteiger charge is 2.06. The zero-order valence-electron chi connectivity index (χ0n) is 10.0. The number of thioether (sulfide) groups is 1. The highest BCUT2D eigenvalue weighted by Crippen LogP contribution is 2.21. The van der Waals surface area contributed by atoms with Gasteiger partial charge in [-0.2, -0.15) is 0 Å². The molecule has 0 bridgehead atoms. The van der Waals surface area contributed by atoms with E-state index in [2.05, 4.69) is 0 Å². The maximum absolute atomic E-state index is 12.0. The summed E-state index contributed by atoms with van der Waals surface area (Å²) in [6, 6.07) is 15.2. The van der Waals surface area contributed by atoms with Gasteiger partial charge in [-0.3, -0.25) is 4.79 Å². The van der Waals surface area contributed by atoms with E-state index in [9.17, 15) is 4.79 Å². The van der Waals surface area contributed by atoms with Crippen molar-refractivity contribution in [2.45, 2.75) is 11.8 Å². The average Bonchev–Trinajstić information content (AvgIpc) is 2.38. The molecule has 0 heterocycles. The molecule has 92 valence electrons. The molecule has 0 N–H and O–H groups in total. The van der Waals surface area contributed by atoms with Crippen molar-refractivity contribution in [3.05, 3.63) is 64.7 Å². The first-order chi connectivity index (χ1) is 8.65. The zero-order chi connectivity index (χ0) is 13.0. The Morgan fingerprint density at radius 3 is 2.56 bits per heavy atom. The van der Waals surface area contributed by atoms with Gasteiger partial charge in [0.15, 0.2) is 5.78 Å². The molecule has 0 radical (unpaired) electrons. The lowest BCUT2D eigenvalue weighted by atomic mass is 10.1. The first-order valence-electron chi connectivity index (χ1n) is 5.63. The molecule has 0 aliphatic heterocycles. The second-order valence-corrected chi connectivity index (χ2v) is 5.52. The highest BCUT2D eigenvalue weighted by molar-refractivity contribution is 8.00. The van der Waals surface area contributed by atoms with Gasteiger partial charge in [-0.15, -0.1) is 11.8 Å². The molecule has 0 unspecified atom stereocenters. The standard InChI is InChI=1S/C15H13ClOS/c1-11-3-2-4-12(9-11)15(17)10-18-14-7-5-13(16)6-8-14/h2-9H,10H2,1H3. The summed E-state index contributed by atoms with van der Waals surface area (Å²) in [7, 11) is 0. The minimum absolute atomic E-state index is 0.152. The number of aryl methyl sites for hydroxylation is 1. The van der Waals surface area contributed by atoms with Crippen molar-refractivity contribution in [2.24, 2.45) is 0 Å². The van der Waals surface area contributed by atoms with Crippen molar-refractivity contribution in [1.82, 2.24) is 0 Å². The largest absolute Gasteiger partial charge is 0.293 e. The van der Waals surface area contributed by atoms with E-state index < -0.39 is 0 Å². The van der Waals surface area contributed by atoms with Crippen LogP contribution in [0, 0.1) is 6.92 Å². The molecule has 2 aromatic rings. The van der Waals surface area contributed by atoms with Gasteiger partial charge in [0, 0.05) is 15.5 Å². The number of rotatable bonds is 4. The predicted octanol–water partition coefficient (Wildman–Crippen LogP) is 4.62. The summed E-state index contributed by atoms with van der Waals surface area (Å²) in [5.41, 5.74) is 1.88. The van der Waals surface area contributed by atoms with E-state index in [1.165, 1.54) is 11.8 Å². The number of carbonyl (C=O) groups is 1. The summed E-state index contributed by atoms with van der Waals surface area (Å²) in [4.78, 5) is 13.0. The molecule has 2 aromatic carbocycles. The Morgan fingerprint density at radius 2 is 1.89 bits per heavy atom. The van der Waals surface area contributed by atoms with Gasteiger partial charge in [0.1, 0.15) is 0 Å².